The van der Waals surface area contributed by atoms with Crippen LogP contribution in [0.25, 0.3) is 0 Å². The van der Waals surface area contributed by atoms with Gasteiger partial charge < -0.3 is 5.32 Å². The van der Waals surface area contributed by atoms with Crippen molar-refractivity contribution < 1.29 is 4.92 Å². The van der Waals surface area contributed by atoms with E-state index in [1.807, 2.05) is 31.2 Å². The van der Waals surface area contributed by atoms with E-state index in [0.717, 1.165) is 11.3 Å². The van der Waals surface area contributed by atoms with E-state index in [1.54, 1.807) is 12.1 Å². The van der Waals surface area contributed by atoms with Gasteiger partial charge in [-0.2, -0.15) is 0 Å². The predicted molar refractivity (Wildman–Crippen MR) is 75.3 cm³/mol. The fourth-order valence-corrected chi connectivity index (χ4v) is 1.90. The summed E-state index contributed by atoms with van der Waals surface area (Å²) in [6.07, 6.45) is 0. The second-order valence-electron chi connectivity index (χ2n) is 3.91. The number of rotatable bonds is 3. The molecule has 4 nitrogen and oxygen atoms in total. The van der Waals surface area contributed by atoms with Crippen molar-refractivity contribution in [2.45, 2.75) is 6.92 Å². The number of halogens is 1. The molecule has 0 atom stereocenters. The zero-order valence-corrected chi connectivity index (χ0v) is 11.3. The molecule has 2 aromatic carbocycles. The number of nitrogens with one attached hydrogen (secondary N) is 1. The monoisotopic (exact) mass is 306 g/mol. The zero-order chi connectivity index (χ0) is 13.1. The van der Waals surface area contributed by atoms with Crippen molar-refractivity contribution in [1.29, 1.82) is 0 Å². The van der Waals surface area contributed by atoms with Crippen LogP contribution in [0.4, 0.5) is 17.1 Å². The molecule has 18 heavy (non-hydrogen) atoms. The van der Waals surface area contributed by atoms with Crippen LogP contribution in [0.3, 0.4) is 0 Å². The lowest BCUT2D eigenvalue weighted by molar-refractivity contribution is -0.384. The Morgan fingerprint density at radius 1 is 1.17 bits per heavy atom. The zero-order valence-electron chi connectivity index (χ0n) is 9.68. The molecule has 0 aliphatic rings. The predicted octanol–water partition coefficient (Wildman–Crippen LogP) is 4.41. The van der Waals surface area contributed by atoms with Gasteiger partial charge in [0.1, 0.15) is 5.69 Å². The fourth-order valence-electron chi connectivity index (χ4n) is 1.55. The van der Waals surface area contributed by atoms with Crippen LogP contribution in [-0.2, 0) is 0 Å². The lowest BCUT2D eigenvalue weighted by Crippen LogP contribution is -1.97. The number of aryl methyl sites for hydroxylation is 1. The van der Waals surface area contributed by atoms with Crippen LogP contribution in [0.1, 0.15) is 5.56 Å². The minimum Gasteiger partial charge on any atom is -0.350 e. The molecule has 0 aliphatic heterocycles. The van der Waals surface area contributed by atoms with E-state index in [0.29, 0.717) is 10.2 Å². The highest BCUT2D eigenvalue weighted by molar-refractivity contribution is 9.10. The number of hydrogen-bond donors (Lipinski definition) is 1. The summed E-state index contributed by atoms with van der Waals surface area (Å²) in [6, 6.07) is 12.6. The molecule has 0 amide bonds. The van der Waals surface area contributed by atoms with E-state index in [4.69, 9.17) is 0 Å². The Kier molecular flexibility index (Phi) is 3.62. The number of nitro benzene ring substituents is 1. The molecule has 0 radical (unpaired) electrons. The molecule has 0 heterocycles. The summed E-state index contributed by atoms with van der Waals surface area (Å²) < 4.78 is 0.684. The molecule has 2 aromatic rings. The minimum absolute atomic E-state index is 0.0463. The van der Waals surface area contributed by atoms with Gasteiger partial charge in [-0.25, -0.2) is 0 Å². The summed E-state index contributed by atoms with van der Waals surface area (Å²) in [5.74, 6) is 0. The first-order valence-electron chi connectivity index (χ1n) is 5.34. The highest BCUT2D eigenvalue weighted by atomic mass is 79.9. The number of anilines is 2. The first kappa shape index (κ1) is 12.6. The summed E-state index contributed by atoms with van der Waals surface area (Å²) in [4.78, 5) is 10.6. The first-order valence-corrected chi connectivity index (χ1v) is 6.13. The third-order valence-corrected chi connectivity index (χ3v) is 2.98. The molecule has 92 valence electrons. The van der Waals surface area contributed by atoms with Gasteiger partial charge >= 0.3 is 0 Å². The highest BCUT2D eigenvalue weighted by Gasteiger charge is 2.13. The molecule has 0 aliphatic carbocycles. The molecule has 0 saturated carbocycles. The van der Waals surface area contributed by atoms with Crippen molar-refractivity contribution >= 4 is 33.0 Å². The standard InChI is InChI=1S/C13H11BrN2O2/c1-9-2-5-11(6-3-9)15-12-7-4-10(14)8-13(12)16(17)18/h2-8,15H,1H3. The van der Waals surface area contributed by atoms with Gasteiger partial charge in [0.05, 0.1) is 4.92 Å². The Balaban J connectivity index is 2.34. The van der Waals surface area contributed by atoms with Gasteiger partial charge in [0.2, 0.25) is 0 Å². The maximum atomic E-state index is 11.0. The number of benzene rings is 2. The van der Waals surface area contributed by atoms with Crippen molar-refractivity contribution in [3.05, 3.63) is 62.6 Å². The summed E-state index contributed by atoms with van der Waals surface area (Å²) in [5, 5.41) is 14.0. The Labute approximate surface area is 113 Å². The van der Waals surface area contributed by atoms with Crippen molar-refractivity contribution in [2.75, 3.05) is 5.32 Å². The highest BCUT2D eigenvalue weighted by Crippen LogP contribution is 2.30. The number of nitro groups is 1. The van der Waals surface area contributed by atoms with Crippen LogP contribution >= 0.6 is 15.9 Å². The smallest absolute Gasteiger partial charge is 0.293 e. The van der Waals surface area contributed by atoms with E-state index in [9.17, 15) is 10.1 Å². The van der Waals surface area contributed by atoms with E-state index in [-0.39, 0.29) is 5.69 Å². The molecule has 0 bridgehead atoms. The van der Waals surface area contributed by atoms with Crippen molar-refractivity contribution in [3.8, 4) is 0 Å². The second kappa shape index (κ2) is 5.18. The second-order valence-corrected chi connectivity index (χ2v) is 4.83. The lowest BCUT2D eigenvalue weighted by atomic mass is 10.2. The molecule has 0 fully saturated rings. The van der Waals surface area contributed by atoms with E-state index in [1.165, 1.54) is 6.07 Å². The molecule has 5 heteroatoms. The number of nitrogens with zero attached hydrogens (tertiary/aromatic N) is 1. The van der Waals surface area contributed by atoms with Gasteiger partial charge in [0.25, 0.3) is 5.69 Å². The lowest BCUT2D eigenvalue weighted by Gasteiger charge is -2.07. The summed E-state index contributed by atoms with van der Waals surface area (Å²) in [7, 11) is 0. The molecule has 0 saturated heterocycles. The van der Waals surface area contributed by atoms with Gasteiger partial charge in [-0.1, -0.05) is 33.6 Å². The summed E-state index contributed by atoms with van der Waals surface area (Å²) >= 11 is 3.23. The van der Waals surface area contributed by atoms with E-state index in [2.05, 4.69) is 21.2 Å². The summed E-state index contributed by atoms with van der Waals surface area (Å²) in [5.41, 5.74) is 2.49. The molecule has 2 rings (SSSR count). The average Bonchev–Trinajstić information content (AvgIpc) is 2.34. The normalized spacial score (nSPS) is 10.1. The van der Waals surface area contributed by atoms with E-state index < -0.39 is 4.92 Å². The first-order chi connectivity index (χ1) is 8.56. The molecular weight excluding hydrogens is 296 g/mol. The molecule has 1 N–H and O–H groups in total. The van der Waals surface area contributed by atoms with Crippen molar-refractivity contribution in [2.24, 2.45) is 0 Å². The third kappa shape index (κ3) is 2.87. The van der Waals surface area contributed by atoms with Crippen molar-refractivity contribution in [1.82, 2.24) is 0 Å². The SMILES string of the molecule is Cc1ccc(Nc2ccc(Br)cc2[N+](=O)[O-])cc1. The van der Waals surface area contributed by atoms with Crippen LogP contribution in [0.5, 0.6) is 0 Å². The van der Waals surface area contributed by atoms with Crippen molar-refractivity contribution in [3.63, 3.8) is 0 Å². The topological polar surface area (TPSA) is 55.2 Å². The van der Waals surface area contributed by atoms with Crippen LogP contribution in [0.15, 0.2) is 46.9 Å². The molecule has 0 spiro atoms. The molecule has 0 unspecified atom stereocenters. The summed E-state index contributed by atoms with van der Waals surface area (Å²) in [6.45, 7) is 1.99. The van der Waals surface area contributed by atoms with Crippen LogP contribution in [-0.4, -0.2) is 4.92 Å². The maximum Gasteiger partial charge on any atom is 0.293 e. The molecular formula is C13H11BrN2O2. The fraction of sp³-hybridized carbons (Fsp3) is 0.0769. The Morgan fingerprint density at radius 2 is 1.83 bits per heavy atom. The van der Waals surface area contributed by atoms with Gasteiger partial charge in [-0.3, -0.25) is 10.1 Å². The third-order valence-electron chi connectivity index (χ3n) is 2.49. The maximum absolute atomic E-state index is 11.0. The minimum atomic E-state index is -0.402. The molecule has 0 aromatic heterocycles. The van der Waals surface area contributed by atoms with E-state index >= 15 is 0 Å². The van der Waals surface area contributed by atoms with Gasteiger partial charge in [0, 0.05) is 16.2 Å². The van der Waals surface area contributed by atoms with Crippen LogP contribution in [0.2, 0.25) is 0 Å². The van der Waals surface area contributed by atoms with Gasteiger partial charge in [-0.05, 0) is 31.2 Å². The van der Waals surface area contributed by atoms with Crippen LogP contribution in [0, 0.1) is 17.0 Å². The number of hydrogen-bond acceptors (Lipinski definition) is 3. The average molecular weight is 307 g/mol. The largest absolute Gasteiger partial charge is 0.350 e. The Morgan fingerprint density at radius 3 is 2.44 bits per heavy atom. The quantitative estimate of drug-likeness (QED) is 0.675. The van der Waals surface area contributed by atoms with Gasteiger partial charge in [0.15, 0.2) is 0 Å². The van der Waals surface area contributed by atoms with Gasteiger partial charge in [-0.15, -0.1) is 0 Å². The Bertz CT molecular complexity index is 582. The Hall–Kier alpha value is -1.88. The van der Waals surface area contributed by atoms with Crippen LogP contribution < -0.4 is 5.32 Å².